The maximum Gasteiger partial charge on any atom is 0.0770 e. The first-order chi connectivity index (χ1) is 5.54. The van der Waals surface area contributed by atoms with Crippen molar-refractivity contribution in [2.24, 2.45) is 11.7 Å². The van der Waals surface area contributed by atoms with Crippen LogP contribution >= 0.6 is 0 Å². The first-order valence-electron chi connectivity index (χ1n) is 4.81. The van der Waals surface area contributed by atoms with E-state index in [0.717, 1.165) is 6.42 Å². The van der Waals surface area contributed by atoms with E-state index < -0.39 is 5.54 Å². The van der Waals surface area contributed by atoms with Crippen LogP contribution < -0.4 is 5.73 Å². The highest BCUT2D eigenvalue weighted by atomic mass is 14.7. The summed E-state index contributed by atoms with van der Waals surface area (Å²) in [6, 6.07) is 0. The Hall–Kier alpha value is -0.480. The third kappa shape index (κ3) is 3.78. The predicted molar refractivity (Wildman–Crippen MR) is 54.7 cm³/mol. The van der Waals surface area contributed by atoms with Crippen LogP contribution in [0.2, 0.25) is 0 Å². The normalized spacial score (nSPS) is 17.9. The van der Waals surface area contributed by atoms with Crippen molar-refractivity contribution in [1.29, 1.82) is 0 Å². The maximum atomic E-state index is 5.91. The third-order valence-electron chi connectivity index (χ3n) is 2.58. The van der Waals surface area contributed by atoms with E-state index in [4.69, 9.17) is 12.2 Å². The van der Waals surface area contributed by atoms with Gasteiger partial charge in [-0.15, -0.1) is 6.42 Å². The van der Waals surface area contributed by atoms with E-state index in [1.807, 2.05) is 6.92 Å². The summed E-state index contributed by atoms with van der Waals surface area (Å²) in [7, 11) is 0. The van der Waals surface area contributed by atoms with Crippen LogP contribution in [0.25, 0.3) is 0 Å². The van der Waals surface area contributed by atoms with Crippen molar-refractivity contribution in [3.05, 3.63) is 0 Å². The van der Waals surface area contributed by atoms with E-state index in [1.165, 1.54) is 19.3 Å². The summed E-state index contributed by atoms with van der Waals surface area (Å²) >= 11 is 0. The van der Waals surface area contributed by atoms with Gasteiger partial charge in [0.25, 0.3) is 0 Å². The lowest BCUT2D eigenvalue weighted by atomic mass is 9.85. The van der Waals surface area contributed by atoms with Crippen molar-refractivity contribution >= 4 is 0 Å². The molecule has 0 spiro atoms. The molecule has 0 aliphatic heterocycles. The van der Waals surface area contributed by atoms with Crippen molar-refractivity contribution in [3.8, 4) is 12.3 Å². The molecule has 1 unspecified atom stereocenters. The maximum absolute atomic E-state index is 5.91. The lowest BCUT2D eigenvalue weighted by molar-refractivity contribution is 0.364. The van der Waals surface area contributed by atoms with Crippen molar-refractivity contribution in [3.63, 3.8) is 0 Å². The van der Waals surface area contributed by atoms with Crippen LogP contribution in [-0.2, 0) is 0 Å². The van der Waals surface area contributed by atoms with Crippen LogP contribution in [0.3, 0.4) is 0 Å². The van der Waals surface area contributed by atoms with Crippen LogP contribution in [0.15, 0.2) is 0 Å². The highest BCUT2D eigenvalue weighted by Crippen LogP contribution is 2.19. The molecule has 0 heterocycles. The van der Waals surface area contributed by atoms with Gasteiger partial charge in [-0.3, -0.25) is 0 Å². The van der Waals surface area contributed by atoms with E-state index in [1.54, 1.807) is 0 Å². The highest BCUT2D eigenvalue weighted by Gasteiger charge is 2.22. The quantitative estimate of drug-likeness (QED) is 0.494. The van der Waals surface area contributed by atoms with E-state index in [2.05, 4.69) is 19.8 Å². The Morgan fingerprint density at radius 2 is 2.08 bits per heavy atom. The van der Waals surface area contributed by atoms with Gasteiger partial charge < -0.3 is 5.73 Å². The Morgan fingerprint density at radius 1 is 1.50 bits per heavy atom. The second kappa shape index (κ2) is 5.22. The van der Waals surface area contributed by atoms with E-state index in [0.29, 0.717) is 5.92 Å². The monoisotopic (exact) mass is 167 g/mol. The largest absolute Gasteiger partial charge is 0.315 e. The van der Waals surface area contributed by atoms with Gasteiger partial charge in [-0.25, -0.2) is 0 Å². The van der Waals surface area contributed by atoms with Gasteiger partial charge >= 0.3 is 0 Å². The van der Waals surface area contributed by atoms with Gasteiger partial charge in [-0.2, -0.15) is 0 Å². The SMILES string of the molecule is C#CC(C)(N)[C@H](C)CCCCC. The zero-order chi connectivity index (χ0) is 9.61. The molecule has 0 fully saturated rings. The summed E-state index contributed by atoms with van der Waals surface area (Å²) in [6.45, 7) is 6.27. The summed E-state index contributed by atoms with van der Waals surface area (Å²) in [6.07, 6.45) is 10.3. The second-order valence-electron chi connectivity index (χ2n) is 3.82. The second-order valence-corrected chi connectivity index (χ2v) is 3.82. The number of nitrogens with two attached hydrogens (primary N) is 1. The summed E-state index contributed by atoms with van der Waals surface area (Å²) in [4.78, 5) is 0. The Kier molecular flexibility index (Phi) is 5.01. The molecule has 12 heavy (non-hydrogen) atoms. The van der Waals surface area contributed by atoms with Gasteiger partial charge in [-0.05, 0) is 19.3 Å². The fourth-order valence-corrected chi connectivity index (χ4v) is 1.14. The number of unbranched alkanes of at least 4 members (excludes halogenated alkanes) is 2. The minimum atomic E-state index is -0.423. The van der Waals surface area contributed by atoms with Gasteiger partial charge in [0.1, 0.15) is 0 Å². The molecule has 0 saturated carbocycles. The van der Waals surface area contributed by atoms with E-state index >= 15 is 0 Å². The molecule has 2 atom stereocenters. The molecule has 2 N–H and O–H groups in total. The van der Waals surface area contributed by atoms with Crippen LogP contribution in [0, 0.1) is 18.3 Å². The average Bonchev–Trinajstić information content (AvgIpc) is 2.05. The van der Waals surface area contributed by atoms with Crippen LogP contribution in [0.5, 0.6) is 0 Å². The van der Waals surface area contributed by atoms with E-state index in [9.17, 15) is 0 Å². The van der Waals surface area contributed by atoms with Crippen molar-refractivity contribution in [2.45, 2.75) is 52.0 Å². The zero-order valence-electron chi connectivity index (χ0n) is 8.56. The van der Waals surface area contributed by atoms with Crippen LogP contribution in [-0.4, -0.2) is 5.54 Å². The molecule has 0 aliphatic carbocycles. The molecular weight excluding hydrogens is 146 g/mol. The van der Waals surface area contributed by atoms with Gasteiger partial charge in [0.2, 0.25) is 0 Å². The van der Waals surface area contributed by atoms with Gasteiger partial charge in [0, 0.05) is 0 Å². The number of terminal acetylenes is 1. The molecule has 0 aromatic heterocycles. The number of rotatable bonds is 5. The molecule has 0 radical (unpaired) electrons. The topological polar surface area (TPSA) is 26.0 Å². The Balaban J connectivity index is 3.73. The lowest BCUT2D eigenvalue weighted by Gasteiger charge is -2.25. The molecule has 0 amide bonds. The summed E-state index contributed by atoms with van der Waals surface area (Å²) in [5, 5.41) is 0. The Bertz CT molecular complexity index is 153. The first-order valence-corrected chi connectivity index (χ1v) is 4.81. The fraction of sp³-hybridized carbons (Fsp3) is 0.818. The molecule has 70 valence electrons. The van der Waals surface area contributed by atoms with Crippen molar-refractivity contribution in [2.75, 3.05) is 0 Å². The lowest BCUT2D eigenvalue weighted by Crippen LogP contribution is -2.41. The number of hydrogen-bond acceptors (Lipinski definition) is 1. The predicted octanol–water partition coefficient (Wildman–Crippen LogP) is 2.55. The van der Waals surface area contributed by atoms with Gasteiger partial charge in [0.05, 0.1) is 5.54 Å². The molecule has 0 aromatic rings. The smallest absolute Gasteiger partial charge is 0.0770 e. The minimum Gasteiger partial charge on any atom is -0.315 e. The number of hydrogen-bond donors (Lipinski definition) is 1. The van der Waals surface area contributed by atoms with Crippen molar-refractivity contribution < 1.29 is 0 Å². The van der Waals surface area contributed by atoms with Gasteiger partial charge in [-0.1, -0.05) is 39.0 Å². The molecule has 0 saturated heterocycles. The Morgan fingerprint density at radius 3 is 2.50 bits per heavy atom. The highest BCUT2D eigenvalue weighted by molar-refractivity contribution is 5.10. The first kappa shape index (κ1) is 11.5. The molecule has 1 heteroatoms. The molecule has 0 aliphatic rings. The van der Waals surface area contributed by atoms with Crippen molar-refractivity contribution in [1.82, 2.24) is 0 Å². The molecule has 0 aromatic carbocycles. The van der Waals surface area contributed by atoms with Crippen LogP contribution in [0.4, 0.5) is 0 Å². The summed E-state index contributed by atoms with van der Waals surface area (Å²) in [5.41, 5.74) is 5.48. The van der Waals surface area contributed by atoms with E-state index in [-0.39, 0.29) is 0 Å². The molecule has 1 nitrogen and oxygen atoms in total. The molecule has 0 rings (SSSR count). The minimum absolute atomic E-state index is 0.423. The average molecular weight is 167 g/mol. The summed E-state index contributed by atoms with van der Waals surface area (Å²) < 4.78 is 0. The van der Waals surface area contributed by atoms with Crippen LogP contribution in [0.1, 0.15) is 46.5 Å². The molecule has 0 bridgehead atoms. The standard InChI is InChI=1S/C11H21N/c1-5-7-8-9-10(3)11(4,12)6-2/h2,10H,5,7-9,12H2,1,3-4H3/t10-,11?/m1/s1. The molecular formula is C11H21N. The zero-order valence-corrected chi connectivity index (χ0v) is 8.56. The van der Waals surface area contributed by atoms with Gasteiger partial charge in [0.15, 0.2) is 0 Å². The summed E-state index contributed by atoms with van der Waals surface area (Å²) in [5.74, 6) is 3.07. The fourth-order valence-electron chi connectivity index (χ4n) is 1.14. The Labute approximate surface area is 76.7 Å². The third-order valence-corrected chi connectivity index (χ3v) is 2.58.